The normalized spacial score (nSPS) is 16.5. The first-order chi connectivity index (χ1) is 9.76. The van der Waals surface area contributed by atoms with E-state index in [1.54, 1.807) is 6.33 Å². The van der Waals surface area contributed by atoms with Gasteiger partial charge in [-0.2, -0.15) is 10.2 Å². The van der Waals surface area contributed by atoms with Crippen LogP contribution < -0.4 is 5.32 Å². The summed E-state index contributed by atoms with van der Waals surface area (Å²) in [6, 6.07) is 3.19. The van der Waals surface area contributed by atoms with Gasteiger partial charge in [-0.05, 0) is 32.3 Å². The Morgan fingerprint density at radius 2 is 2.30 bits per heavy atom. The monoisotopic (exact) mass is 274 g/mol. The predicted molar refractivity (Wildman–Crippen MR) is 76.2 cm³/mol. The Morgan fingerprint density at radius 1 is 1.45 bits per heavy atom. The molecule has 1 aliphatic carbocycles. The third kappa shape index (κ3) is 3.07. The van der Waals surface area contributed by atoms with Gasteiger partial charge in [0.25, 0.3) is 0 Å². The van der Waals surface area contributed by atoms with E-state index >= 15 is 0 Å². The Bertz CT molecular complexity index is 554. The van der Waals surface area contributed by atoms with Gasteiger partial charge in [-0.25, -0.2) is 9.67 Å². The standard InChI is InChI=1S/C14H22N6/c1-3-11(2)19-7-6-13(18-19)9-20-14(16-10-17-20)8-15-12-4-5-12/h6-7,10-12,15H,3-5,8-9H2,1-2H3. The van der Waals surface area contributed by atoms with E-state index in [0.29, 0.717) is 18.6 Å². The van der Waals surface area contributed by atoms with E-state index in [-0.39, 0.29) is 0 Å². The molecule has 2 aromatic rings. The highest BCUT2D eigenvalue weighted by molar-refractivity contribution is 5.02. The van der Waals surface area contributed by atoms with Crippen LogP contribution in [0, 0.1) is 0 Å². The van der Waals surface area contributed by atoms with Crippen molar-refractivity contribution in [3.63, 3.8) is 0 Å². The van der Waals surface area contributed by atoms with Crippen molar-refractivity contribution in [2.24, 2.45) is 0 Å². The molecule has 2 aromatic heterocycles. The van der Waals surface area contributed by atoms with Crippen molar-refractivity contribution >= 4 is 0 Å². The molecule has 1 N–H and O–H groups in total. The first-order valence-corrected chi connectivity index (χ1v) is 7.40. The van der Waals surface area contributed by atoms with Crippen LogP contribution in [-0.2, 0) is 13.1 Å². The second-order valence-corrected chi connectivity index (χ2v) is 5.53. The largest absolute Gasteiger partial charge is 0.307 e. The lowest BCUT2D eigenvalue weighted by Gasteiger charge is -2.08. The quantitative estimate of drug-likeness (QED) is 0.835. The molecular formula is C14H22N6. The highest BCUT2D eigenvalue weighted by Gasteiger charge is 2.21. The summed E-state index contributed by atoms with van der Waals surface area (Å²) in [6.45, 7) is 5.82. The van der Waals surface area contributed by atoms with Crippen LogP contribution in [0.2, 0.25) is 0 Å². The maximum atomic E-state index is 4.61. The molecule has 0 bridgehead atoms. The first kappa shape index (κ1) is 13.3. The van der Waals surface area contributed by atoms with Crippen LogP contribution in [0.25, 0.3) is 0 Å². The molecule has 1 unspecified atom stereocenters. The molecule has 1 aliphatic rings. The average molecular weight is 274 g/mol. The zero-order valence-electron chi connectivity index (χ0n) is 12.2. The van der Waals surface area contributed by atoms with Crippen LogP contribution >= 0.6 is 0 Å². The predicted octanol–water partition coefficient (Wildman–Crippen LogP) is 1.75. The molecular weight excluding hydrogens is 252 g/mol. The van der Waals surface area contributed by atoms with Gasteiger partial charge in [-0.15, -0.1) is 0 Å². The molecule has 6 nitrogen and oxygen atoms in total. The molecule has 0 saturated heterocycles. The number of nitrogens with one attached hydrogen (secondary N) is 1. The van der Waals surface area contributed by atoms with Gasteiger partial charge >= 0.3 is 0 Å². The van der Waals surface area contributed by atoms with E-state index in [9.17, 15) is 0 Å². The van der Waals surface area contributed by atoms with E-state index in [0.717, 1.165) is 24.5 Å². The fourth-order valence-corrected chi connectivity index (χ4v) is 2.13. The molecule has 0 aromatic carbocycles. The van der Waals surface area contributed by atoms with E-state index in [2.05, 4.69) is 40.4 Å². The minimum absolute atomic E-state index is 0.440. The fraction of sp³-hybridized carbons (Fsp3) is 0.643. The summed E-state index contributed by atoms with van der Waals surface area (Å²) >= 11 is 0. The molecule has 1 fully saturated rings. The number of hydrogen-bond donors (Lipinski definition) is 1. The first-order valence-electron chi connectivity index (χ1n) is 7.40. The Labute approximate surface area is 119 Å². The molecule has 1 atom stereocenters. The number of rotatable bonds is 7. The van der Waals surface area contributed by atoms with Crippen LogP contribution in [0.1, 0.15) is 50.7 Å². The SMILES string of the molecule is CCC(C)n1ccc(Cn2ncnc2CNC2CC2)n1. The minimum Gasteiger partial charge on any atom is -0.307 e. The van der Waals surface area contributed by atoms with Crippen molar-refractivity contribution in [3.8, 4) is 0 Å². The van der Waals surface area contributed by atoms with Crippen molar-refractivity contribution < 1.29 is 0 Å². The topological polar surface area (TPSA) is 60.6 Å². The van der Waals surface area contributed by atoms with Crippen LogP contribution in [0.3, 0.4) is 0 Å². The van der Waals surface area contributed by atoms with E-state index in [1.807, 2.05) is 15.6 Å². The molecule has 3 rings (SSSR count). The van der Waals surface area contributed by atoms with Crippen LogP contribution in [-0.4, -0.2) is 30.6 Å². The summed E-state index contributed by atoms with van der Waals surface area (Å²) in [5.41, 5.74) is 1.03. The van der Waals surface area contributed by atoms with E-state index in [4.69, 9.17) is 0 Å². The second kappa shape index (κ2) is 5.75. The number of aromatic nitrogens is 5. The smallest absolute Gasteiger partial charge is 0.141 e. The molecule has 0 spiro atoms. The molecule has 1 saturated carbocycles. The Hall–Kier alpha value is -1.69. The summed E-state index contributed by atoms with van der Waals surface area (Å²) < 4.78 is 3.95. The minimum atomic E-state index is 0.440. The Morgan fingerprint density at radius 3 is 3.05 bits per heavy atom. The van der Waals surface area contributed by atoms with Gasteiger partial charge in [-0.3, -0.25) is 4.68 Å². The lowest BCUT2D eigenvalue weighted by Crippen LogP contribution is -2.20. The summed E-state index contributed by atoms with van der Waals surface area (Å²) in [5, 5.41) is 12.4. The second-order valence-electron chi connectivity index (χ2n) is 5.53. The van der Waals surface area contributed by atoms with Gasteiger partial charge in [0.15, 0.2) is 0 Å². The molecule has 0 amide bonds. The van der Waals surface area contributed by atoms with Gasteiger partial charge in [-0.1, -0.05) is 6.92 Å². The number of hydrogen-bond acceptors (Lipinski definition) is 4. The maximum absolute atomic E-state index is 4.61. The van der Waals surface area contributed by atoms with Crippen molar-refractivity contribution in [2.75, 3.05) is 0 Å². The van der Waals surface area contributed by atoms with Crippen LogP contribution in [0.5, 0.6) is 0 Å². The van der Waals surface area contributed by atoms with E-state index in [1.165, 1.54) is 12.8 Å². The number of nitrogens with zero attached hydrogens (tertiary/aromatic N) is 5. The lowest BCUT2D eigenvalue weighted by atomic mass is 10.3. The maximum Gasteiger partial charge on any atom is 0.141 e. The van der Waals surface area contributed by atoms with E-state index < -0.39 is 0 Å². The average Bonchev–Trinajstić information content (AvgIpc) is 3.00. The zero-order valence-corrected chi connectivity index (χ0v) is 12.2. The summed E-state index contributed by atoms with van der Waals surface area (Å²) in [4.78, 5) is 4.32. The Balaban J connectivity index is 1.64. The molecule has 2 heterocycles. The summed E-state index contributed by atoms with van der Waals surface area (Å²) in [7, 11) is 0. The lowest BCUT2D eigenvalue weighted by molar-refractivity contribution is 0.469. The van der Waals surface area contributed by atoms with Gasteiger partial charge in [0, 0.05) is 18.3 Å². The van der Waals surface area contributed by atoms with Crippen LogP contribution in [0.15, 0.2) is 18.6 Å². The third-order valence-corrected chi connectivity index (χ3v) is 3.84. The van der Waals surface area contributed by atoms with Gasteiger partial charge < -0.3 is 5.32 Å². The van der Waals surface area contributed by atoms with Gasteiger partial charge in [0.05, 0.1) is 18.8 Å². The molecule has 0 aliphatic heterocycles. The molecule has 6 heteroatoms. The molecule has 20 heavy (non-hydrogen) atoms. The van der Waals surface area contributed by atoms with Gasteiger partial charge in [0.2, 0.25) is 0 Å². The highest BCUT2D eigenvalue weighted by Crippen LogP contribution is 2.19. The Kier molecular flexibility index (Phi) is 3.82. The summed E-state index contributed by atoms with van der Waals surface area (Å²) in [6.07, 6.45) is 7.32. The zero-order chi connectivity index (χ0) is 13.9. The van der Waals surface area contributed by atoms with Crippen molar-refractivity contribution in [1.82, 2.24) is 29.9 Å². The van der Waals surface area contributed by atoms with Crippen LogP contribution in [0.4, 0.5) is 0 Å². The van der Waals surface area contributed by atoms with Crippen molar-refractivity contribution in [1.29, 1.82) is 0 Å². The summed E-state index contributed by atoms with van der Waals surface area (Å²) in [5.74, 6) is 0.981. The molecule has 0 radical (unpaired) electrons. The van der Waals surface area contributed by atoms with Crippen molar-refractivity contribution in [2.45, 2.75) is 58.3 Å². The van der Waals surface area contributed by atoms with Crippen molar-refractivity contribution in [3.05, 3.63) is 30.1 Å². The highest BCUT2D eigenvalue weighted by atomic mass is 15.4. The molecule has 108 valence electrons. The fourth-order valence-electron chi connectivity index (χ4n) is 2.13. The third-order valence-electron chi connectivity index (χ3n) is 3.84. The van der Waals surface area contributed by atoms with Gasteiger partial charge in [0.1, 0.15) is 12.2 Å².